The normalized spacial score (nSPS) is 11.5. The number of pyridine rings is 2. The molecule has 0 aliphatic carbocycles. The second-order valence-electron chi connectivity index (χ2n) is 3.59. The van der Waals surface area contributed by atoms with Crippen molar-refractivity contribution < 1.29 is 8.42 Å². The Morgan fingerprint density at radius 3 is 2.74 bits per heavy atom. The van der Waals surface area contributed by atoms with Crippen LogP contribution in [0.15, 0.2) is 46.0 Å². The van der Waals surface area contributed by atoms with E-state index in [4.69, 9.17) is 11.6 Å². The predicted molar refractivity (Wildman–Crippen MR) is 75.2 cm³/mol. The van der Waals surface area contributed by atoms with Gasteiger partial charge in [-0.25, -0.2) is 18.1 Å². The smallest absolute Gasteiger partial charge is 0.242 e. The lowest BCUT2D eigenvalue weighted by Gasteiger charge is -2.06. The minimum absolute atomic E-state index is 0.0414. The van der Waals surface area contributed by atoms with Crippen LogP contribution in [0.25, 0.3) is 0 Å². The molecule has 2 heterocycles. The molecule has 0 unspecified atom stereocenters. The maximum atomic E-state index is 12.0. The lowest BCUT2D eigenvalue weighted by atomic mass is 10.4. The number of sulfonamides is 1. The van der Waals surface area contributed by atoms with E-state index in [2.05, 4.69) is 30.6 Å². The molecule has 0 aliphatic rings. The van der Waals surface area contributed by atoms with Gasteiger partial charge >= 0.3 is 0 Å². The van der Waals surface area contributed by atoms with Crippen LogP contribution in [0.5, 0.6) is 0 Å². The van der Waals surface area contributed by atoms with Gasteiger partial charge < -0.3 is 0 Å². The molecule has 0 amide bonds. The van der Waals surface area contributed by atoms with Gasteiger partial charge in [-0.2, -0.15) is 0 Å². The molecule has 5 nitrogen and oxygen atoms in total. The van der Waals surface area contributed by atoms with E-state index in [0.29, 0.717) is 10.2 Å². The highest BCUT2D eigenvalue weighted by molar-refractivity contribution is 9.10. The molecule has 2 aromatic rings. The van der Waals surface area contributed by atoms with Crippen molar-refractivity contribution in [3.63, 3.8) is 0 Å². The van der Waals surface area contributed by atoms with E-state index >= 15 is 0 Å². The Balaban J connectivity index is 2.16. The largest absolute Gasteiger partial charge is 0.260 e. The molecule has 0 saturated carbocycles. The van der Waals surface area contributed by atoms with Crippen molar-refractivity contribution in [2.75, 3.05) is 0 Å². The van der Waals surface area contributed by atoms with Crippen molar-refractivity contribution in [3.8, 4) is 0 Å². The summed E-state index contributed by atoms with van der Waals surface area (Å²) in [6.45, 7) is 0.115. The van der Waals surface area contributed by atoms with Crippen molar-refractivity contribution >= 4 is 37.6 Å². The Morgan fingerprint density at radius 2 is 2.11 bits per heavy atom. The zero-order chi connectivity index (χ0) is 13.9. The van der Waals surface area contributed by atoms with Crippen molar-refractivity contribution in [2.45, 2.75) is 11.4 Å². The molecule has 0 aliphatic heterocycles. The highest BCUT2D eigenvalue weighted by Crippen LogP contribution is 2.22. The topological polar surface area (TPSA) is 72.0 Å². The van der Waals surface area contributed by atoms with Gasteiger partial charge in [-0.3, -0.25) is 4.98 Å². The number of halogens is 2. The molecule has 100 valence electrons. The first-order chi connectivity index (χ1) is 8.99. The van der Waals surface area contributed by atoms with E-state index in [9.17, 15) is 8.42 Å². The van der Waals surface area contributed by atoms with E-state index in [1.165, 1.54) is 12.3 Å². The Hall–Kier alpha value is -1.02. The summed E-state index contributed by atoms with van der Waals surface area (Å²) >= 11 is 8.86. The summed E-state index contributed by atoms with van der Waals surface area (Å²) < 4.78 is 26.9. The number of hydrogen-bond acceptors (Lipinski definition) is 4. The van der Waals surface area contributed by atoms with E-state index < -0.39 is 10.0 Å². The molecule has 0 saturated heterocycles. The van der Waals surface area contributed by atoms with Crippen molar-refractivity contribution in [1.29, 1.82) is 0 Å². The molecule has 0 bridgehead atoms. The molecule has 8 heteroatoms. The summed E-state index contributed by atoms with van der Waals surface area (Å²) in [5, 5.41) is 0.212. The summed E-state index contributed by atoms with van der Waals surface area (Å²) in [5.41, 5.74) is 0.632. The highest BCUT2D eigenvalue weighted by atomic mass is 79.9. The molecular weight excluding hydrogens is 354 g/mol. The quantitative estimate of drug-likeness (QED) is 0.848. The molecule has 2 aromatic heterocycles. The second-order valence-corrected chi connectivity index (χ2v) is 6.57. The highest BCUT2D eigenvalue weighted by Gasteiger charge is 2.16. The average molecular weight is 363 g/mol. The van der Waals surface area contributed by atoms with Crippen LogP contribution in [0.3, 0.4) is 0 Å². The zero-order valence-corrected chi connectivity index (χ0v) is 12.7. The van der Waals surface area contributed by atoms with Crippen LogP contribution in [-0.4, -0.2) is 18.4 Å². The molecule has 2 rings (SSSR count). The summed E-state index contributed by atoms with van der Waals surface area (Å²) in [6, 6.07) is 6.68. The first-order valence-corrected chi connectivity index (χ1v) is 7.85. The van der Waals surface area contributed by atoms with Crippen LogP contribution in [-0.2, 0) is 16.6 Å². The minimum atomic E-state index is -3.64. The van der Waals surface area contributed by atoms with Gasteiger partial charge in [-0.1, -0.05) is 17.7 Å². The fourth-order valence-electron chi connectivity index (χ4n) is 1.31. The third kappa shape index (κ3) is 3.73. The van der Waals surface area contributed by atoms with Gasteiger partial charge in [0.2, 0.25) is 10.0 Å². The number of rotatable bonds is 4. The van der Waals surface area contributed by atoms with Crippen LogP contribution in [0.2, 0.25) is 5.15 Å². The van der Waals surface area contributed by atoms with Crippen molar-refractivity contribution in [1.82, 2.24) is 14.7 Å². The number of nitrogens with one attached hydrogen (secondary N) is 1. The zero-order valence-electron chi connectivity index (χ0n) is 9.55. The Morgan fingerprint density at radius 1 is 1.32 bits per heavy atom. The third-order valence-corrected chi connectivity index (χ3v) is 4.75. The van der Waals surface area contributed by atoms with Gasteiger partial charge in [-0.05, 0) is 34.1 Å². The molecule has 0 radical (unpaired) electrons. The molecule has 19 heavy (non-hydrogen) atoms. The van der Waals surface area contributed by atoms with E-state index in [1.807, 2.05) is 0 Å². The summed E-state index contributed by atoms with van der Waals surface area (Å²) in [6.07, 6.45) is 2.80. The van der Waals surface area contributed by atoms with E-state index in [1.54, 1.807) is 24.4 Å². The SMILES string of the molecule is O=S(=O)(NCc1ccccn1)c1cnc(Cl)c(Br)c1. The fourth-order valence-corrected chi connectivity index (χ4v) is 2.88. The Bertz CT molecular complexity index is 680. The molecule has 0 aromatic carbocycles. The Kier molecular flexibility index (Phi) is 4.51. The summed E-state index contributed by atoms with van der Waals surface area (Å²) in [5.74, 6) is 0. The molecule has 1 N–H and O–H groups in total. The lowest BCUT2D eigenvalue weighted by molar-refractivity contribution is 0.580. The average Bonchev–Trinajstić information content (AvgIpc) is 2.41. The molecular formula is C11H9BrClN3O2S. The molecule has 0 spiro atoms. The first kappa shape index (κ1) is 14.4. The first-order valence-electron chi connectivity index (χ1n) is 5.19. The monoisotopic (exact) mass is 361 g/mol. The van der Waals surface area contributed by atoms with Gasteiger partial charge in [-0.15, -0.1) is 0 Å². The van der Waals surface area contributed by atoms with Gasteiger partial charge in [0.1, 0.15) is 10.0 Å². The number of aromatic nitrogens is 2. The maximum absolute atomic E-state index is 12.0. The van der Waals surface area contributed by atoms with Crippen molar-refractivity contribution in [3.05, 3.63) is 52.0 Å². The van der Waals surface area contributed by atoms with Crippen LogP contribution >= 0.6 is 27.5 Å². The summed E-state index contributed by atoms with van der Waals surface area (Å²) in [4.78, 5) is 7.86. The van der Waals surface area contributed by atoms with Gasteiger partial charge in [0.05, 0.1) is 16.7 Å². The fraction of sp³-hybridized carbons (Fsp3) is 0.0909. The van der Waals surface area contributed by atoms with E-state index in [-0.39, 0.29) is 16.6 Å². The second kappa shape index (κ2) is 5.96. The molecule has 0 fully saturated rings. The van der Waals surface area contributed by atoms with Crippen LogP contribution in [0.1, 0.15) is 5.69 Å². The summed E-state index contributed by atoms with van der Waals surface area (Å²) in [7, 11) is -3.64. The minimum Gasteiger partial charge on any atom is -0.260 e. The molecule has 0 atom stereocenters. The van der Waals surface area contributed by atoms with Crippen molar-refractivity contribution in [2.24, 2.45) is 0 Å². The van der Waals surface area contributed by atoms with Gasteiger partial charge in [0.25, 0.3) is 0 Å². The standard InChI is InChI=1S/C11H9BrClN3O2S/c12-10-5-9(7-15-11(10)13)19(17,18)16-6-8-3-1-2-4-14-8/h1-5,7,16H,6H2. The van der Waals surface area contributed by atoms with Crippen LogP contribution in [0, 0.1) is 0 Å². The van der Waals surface area contributed by atoms with Crippen LogP contribution in [0.4, 0.5) is 0 Å². The lowest BCUT2D eigenvalue weighted by Crippen LogP contribution is -2.23. The Labute approximate surface area is 124 Å². The van der Waals surface area contributed by atoms with Gasteiger partial charge in [0.15, 0.2) is 0 Å². The maximum Gasteiger partial charge on any atom is 0.242 e. The predicted octanol–water partition coefficient (Wildman–Crippen LogP) is 2.37. The number of hydrogen-bond donors (Lipinski definition) is 1. The van der Waals surface area contributed by atoms with Crippen LogP contribution < -0.4 is 4.72 Å². The third-order valence-electron chi connectivity index (χ3n) is 2.25. The van der Waals surface area contributed by atoms with Gasteiger partial charge in [0, 0.05) is 12.4 Å². The number of nitrogens with zero attached hydrogens (tertiary/aromatic N) is 2. The van der Waals surface area contributed by atoms with E-state index in [0.717, 1.165) is 0 Å².